The molecule has 0 saturated carbocycles. The summed E-state index contributed by atoms with van der Waals surface area (Å²) in [5, 5.41) is 12.2. The quantitative estimate of drug-likeness (QED) is 0.767. The van der Waals surface area contributed by atoms with E-state index in [-0.39, 0.29) is 6.10 Å². The summed E-state index contributed by atoms with van der Waals surface area (Å²) < 4.78 is 0. The third-order valence-electron chi connectivity index (χ3n) is 3.10. The van der Waals surface area contributed by atoms with Crippen LogP contribution in [0.15, 0.2) is 23.1 Å². The van der Waals surface area contributed by atoms with Crippen molar-refractivity contribution in [3.05, 3.63) is 33.5 Å². The largest absolute Gasteiger partial charge is 0.388 e. The fourth-order valence-corrected chi connectivity index (χ4v) is 2.95. The van der Waals surface area contributed by atoms with Gasteiger partial charge in [-0.15, -0.1) is 11.3 Å². The van der Waals surface area contributed by atoms with E-state index < -0.39 is 0 Å². The average Bonchev–Trinajstić information content (AvgIpc) is 2.66. The zero-order valence-electron chi connectivity index (χ0n) is 9.20. The van der Waals surface area contributed by atoms with Gasteiger partial charge in [-0.05, 0) is 56.0 Å². The van der Waals surface area contributed by atoms with E-state index >= 15 is 0 Å². The Hall–Kier alpha value is -0.600. The summed E-state index contributed by atoms with van der Waals surface area (Å²) in [5.74, 6) is 0. The molecule has 1 aromatic rings. The maximum atomic E-state index is 10.1. The highest BCUT2D eigenvalue weighted by atomic mass is 32.1. The summed E-state index contributed by atoms with van der Waals surface area (Å²) in [4.78, 5) is 1.25. The fraction of sp³-hybridized carbons (Fsp3) is 0.538. The molecule has 1 aliphatic rings. The summed E-state index contributed by atoms with van der Waals surface area (Å²) in [6, 6.07) is 2.05. The van der Waals surface area contributed by atoms with E-state index in [1.165, 1.54) is 36.1 Å². The van der Waals surface area contributed by atoms with Gasteiger partial charge in [0.1, 0.15) is 0 Å². The number of thiophene rings is 1. The lowest BCUT2D eigenvalue weighted by atomic mass is 9.93. The van der Waals surface area contributed by atoms with E-state index in [2.05, 4.69) is 18.4 Å². The monoisotopic (exact) mass is 222 g/mol. The molecule has 1 aliphatic carbocycles. The smallest absolute Gasteiger partial charge is 0.0837 e. The highest BCUT2D eigenvalue weighted by Crippen LogP contribution is 2.30. The van der Waals surface area contributed by atoms with Crippen molar-refractivity contribution in [2.45, 2.75) is 45.1 Å². The molecule has 0 radical (unpaired) electrons. The molecule has 0 aliphatic heterocycles. The van der Waals surface area contributed by atoms with Crippen LogP contribution >= 0.6 is 11.3 Å². The predicted molar refractivity (Wildman–Crippen MR) is 65.2 cm³/mol. The topological polar surface area (TPSA) is 20.2 Å². The Morgan fingerprint density at radius 1 is 1.47 bits per heavy atom. The lowest BCUT2D eigenvalue weighted by Gasteiger charge is -2.16. The zero-order chi connectivity index (χ0) is 10.7. The van der Waals surface area contributed by atoms with Crippen molar-refractivity contribution in [2.75, 3.05) is 0 Å². The first-order chi connectivity index (χ1) is 7.27. The average molecular weight is 222 g/mol. The molecule has 2 rings (SSSR count). The van der Waals surface area contributed by atoms with Crippen molar-refractivity contribution in [1.29, 1.82) is 0 Å². The molecular weight excluding hydrogens is 204 g/mol. The van der Waals surface area contributed by atoms with Crippen LogP contribution in [0.2, 0.25) is 0 Å². The molecule has 0 amide bonds. The summed E-state index contributed by atoms with van der Waals surface area (Å²) in [5.41, 5.74) is 2.56. The Morgan fingerprint density at radius 2 is 2.33 bits per heavy atom. The van der Waals surface area contributed by atoms with Gasteiger partial charge in [0.25, 0.3) is 0 Å². The van der Waals surface area contributed by atoms with Gasteiger partial charge in [0, 0.05) is 4.88 Å². The van der Waals surface area contributed by atoms with Gasteiger partial charge >= 0.3 is 0 Å². The Morgan fingerprint density at radius 3 is 2.93 bits per heavy atom. The second kappa shape index (κ2) is 4.95. The van der Waals surface area contributed by atoms with Gasteiger partial charge < -0.3 is 5.11 Å². The van der Waals surface area contributed by atoms with Gasteiger partial charge in [0.05, 0.1) is 6.10 Å². The minimum absolute atomic E-state index is 0.291. The Balaban J connectivity index is 2.00. The van der Waals surface area contributed by atoms with Crippen molar-refractivity contribution in [1.82, 2.24) is 0 Å². The molecule has 1 aromatic heterocycles. The Bertz CT molecular complexity index is 351. The molecule has 2 heteroatoms. The predicted octanol–water partition coefficient (Wildman–Crippen LogP) is 3.98. The lowest BCUT2D eigenvalue weighted by Crippen LogP contribution is -2.01. The molecule has 1 unspecified atom stereocenters. The second-order valence-electron chi connectivity index (χ2n) is 4.26. The third kappa shape index (κ3) is 2.70. The highest BCUT2D eigenvalue weighted by Gasteiger charge is 2.14. The lowest BCUT2D eigenvalue weighted by molar-refractivity contribution is 0.176. The molecular formula is C13H18OS. The molecule has 15 heavy (non-hydrogen) atoms. The van der Waals surface area contributed by atoms with Crippen molar-refractivity contribution in [3.63, 3.8) is 0 Å². The first kappa shape index (κ1) is 10.9. The van der Waals surface area contributed by atoms with E-state index in [1.54, 1.807) is 11.3 Å². The van der Waals surface area contributed by atoms with Gasteiger partial charge in [0.2, 0.25) is 0 Å². The SMILES string of the molecule is Cc1sccc1C(O)CC1=CCCCC1. The van der Waals surface area contributed by atoms with Gasteiger partial charge in [-0.2, -0.15) is 0 Å². The van der Waals surface area contributed by atoms with Crippen LogP contribution in [0, 0.1) is 6.92 Å². The summed E-state index contributed by atoms with van der Waals surface area (Å²) >= 11 is 1.72. The minimum atomic E-state index is -0.291. The van der Waals surface area contributed by atoms with Crippen LogP contribution in [-0.4, -0.2) is 5.11 Å². The number of allylic oxidation sites excluding steroid dienone is 1. The molecule has 82 valence electrons. The van der Waals surface area contributed by atoms with Gasteiger partial charge in [-0.25, -0.2) is 0 Å². The molecule has 1 heterocycles. The van der Waals surface area contributed by atoms with Crippen LogP contribution < -0.4 is 0 Å². The van der Waals surface area contributed by atoms with Crippen molar-refractivity contribution in [3.8, 4) is 0 Å². The zero-order valence-corrected chi connectivity index (χ0v) is 10.0. The molecule has 0 saturated heterocycles. The summed E-state index contributed by atoms with van der Waals surface area (Å²) in [7, 11) is 0. The molecule has 0 spiro atoms. The van der Waals surface area contributed by atoms with E-state index in [0.717, 1.165) is 12.0 Å². The molecule has 0 aromatic carbocycles. The third-order valence-corrected chi connectivity index (χ3v) is 3.96. The highest BCUT2D eigenvalue weighted by molar-refractivity contribution is 7.10. The van der Waals surface area contributed by atoms with Crippen LogP contribution in [0.4, 0.5) is 0 Å². The van der Waals surface area contributed by atoms with Crippen LogP contribution in [-0.2, 0) is 0 Å². The van der Waals surface area contributed by atoms with E-state index in [4.69, 9.17) is 0 Å². The first-order valence-corrected chi connectivity index (χ1v) is 6.55. The number of rotatable bonds is 3. The van der Waals surface area contributed by atoms with Crippen LogP contribution in [0.1, 0.15) is 48.6 Å². The molecule has 1 nitrogen and oxygen atoms in total. The van der Waals surface area contributed by atoms with Crippen molar-refractivity contribution < 1.29 is 5.11 Å². The summed E-state index contributed by atoms with van der Waals surface area (Å²) in [6.45, 7) is 2.08. The maximum absolute atomic E-state index is 10.1. The van der Waals surface area contributed by atoms with E-state index in [1.807, 2.05) is 6.07 Å². The van der Waals surface area contributed by atoms with Gasteiger partial charge in [-0.3, -0.25) is 0 Å². The Labute approximate surface area is 95.5 Å². The van der Waals surface area contributed by atoms with Crippen molar-refractivity contribution in [2.24, 2.45) is 0 Å². The normalized spacial score (nSPS) is 18.7. The van der Waals surface area contributed by atoms with Crippen LogP contribution in [0.3, 0.4) is 0 Å². The minimum Gasteiger partial charge on any atom is -0.388 e. The fourth-order valence-electron chi connectivity index (χ4n) is 2.19. The van der Waals surface area contributed by atoms with Crippen molar-refractivity contribution >= 4 is 11.3 Å². The molecule has 0 fully saturated rings. The molecule has 1 N–H and O–H groups in total. The Kier molecular flexibility index (Phi) is 3.60. The second-order valence-corrected chi connectivity index (χ2v) is 5.38. The number of hydrogen-bond acceptors (Lipinski definition) is 2. The number of aryl methyl sites for hydroxylation is 1. The van der Waals surface area contributed by atoms with Crippen LogP contribution in [0.5, 0.6) is 0 Å². The number of aliphatic hydroxyl groups excluding tert-OH is 1. The van der Waals surface area contributed by atoms with E-state index in [0.29, 0.717) is 0 Å². The molecule has 1 atom stereocenters. The van der Waals surface area contributed by atoms with Gasteiger partial charge in [0.15, 0.2) is 0 Å². The first-order valence-electron chi connectivity index (χ1n) is 5.67. The molecule has 0 bridgehead atoms. The number of aliphatic hydroxyl groups is 1. The van der Waals surface area contributed by atoms with Crippen LogP contribution in [0.25, 0.3) is 0 Å². The maximum Gasteiger partial charge on any atom is 0.0837 e. The standard InChI is InChI=1S/C13H18OS/c1-10-12(7-8-15-10)13(14)9-11-5-3-2-4-6-11/h5,7-8,13-14H,2-4,6,9H2,1H3. The summed E-state index contributed by atoms with van der Waals surface area (Å²) in [6.07, 6.45) is 7.84. The number of hydrogen-bond donors (Lipinski definition) is 1. The van der Waals surface area contributed by atoms with E-state index in [9.17, 15) is 5.11 Å². The van der Waals surface area contributed by atoms with Gasteiger partial charge in [-0.1, -0.05) is 11.6 Å².